The predicted molar refractivity (Wildman–Crippen MR) is 97.7 cm³/mol. The van der Waals surface area contributed by atoms with Gasteiger partial charge in [0.15, 0.2) is 10.4 Å². The van der Waals surface area contributed by atoms with E-state index < -0.39 is 0 Å². The van der Waals surface area contributed by atoms with Crippen molar-refractivity contribution in [1.29, 1.82) is 10.7 Å². The lowest BCUT2D eigenvalue weighted by atomic mass is 10.0. The van der Waals surface area contributed by atoms with Crippen LogP contribution in [-0.2, 0) is 9.47 Å². The number of rotatable bonds is 5. The van der Waals surface area contributed by atoms with Crippen LogP contribution in [0.25, 0.3) is 15.2 Å². The molecule has 0 amide bonds. The van der Waals surface area contributed by atoms with Gasteiger partial charge in [-0.15, -0.1) is 0 Å². The van der Waals surface area contributed by atoms with Crippen LogP contribution in [0.1, 0.15) is 17.2 Å². The van der Waals surface area contributed by atoms with Gasteiger partial charge in [-0.05, 0) is 12.1 Å². The van der Waals surface area contributed by atoms with Crippen LogP contribution in [0.15, 0.2) is 12.1 Å². The van der Waals surface area contributed by atoms with Gasteiger partial charge in [0.1, 0.15) is 11.6 Å². The summed E-state index contributed by atoms with van der Waals surface area (Å²) < 4.78 is 12.9. The largest absolute Gasteiger partial charge is 0.384 e. The van der Waals surface area contributed by atoms with E-state index in [-0.39, 0.29) is 17.0 Å². The molecule has 0 aliphatic heterocycles. The zero-order valence-electron chi connectivity index (χ0n) is 13.5. The number of aromatic nitrogens is 2. The summed E-state index contributed by atoms with van der Waals surface area (Å²) in [4.78, 5) is 5.22. The smallest absolute Gasteiger partial charge is 0.196 e. The molecule has 3 aromatic rings. The molecule has 2 heterocycles. The van der Waals surface area contributed by atoms with Gasteiger partial charge >= 0.3 is 0 Å². The number of benzene rings is 1. The minimum Gasteiger partial charge on any atom is -0.384 e. The summed E-state index contributed by atoms with van der Waals surface area (Å²) >= 11 is 13.6. The van der Waals surface area contributed by atoms with Crippen molar-refractivity contribution >= 4 is 49.7 Å². The molecule has 0 aliphatic rings. The van der Waals surface area contributed by atoms with E-state index in [2.05, 4.69) is 11.1 Å². The fourth-order valence-electron chi connectivity index (χ4n) is 2.72. The molecule has 0 atom stereocenters. The van der Waals surface area contributed by atoms with E-state index in [9.17, 15) is 5.26 Å². The highest BCUT2D eigenvalue weighted by Crippen LogP contribution is 2.33. The van der Waals surface area contributed by atoms with Crippen molar-refractivity contribution < 1.29 is 9.47 Å². The lowest BCUT2D eigenvalue weighted by Gasteiger charge is -2.16. The monoisotopic (exact) mass is 396 g/mol. The average Bonchev–Trinajstić information content (AvgIpc) is 2.92. The van der Waals surface area contributed by atoms with Crippen LogP contribution in [-0.4, -0.2) is 36.8 Å². The molecular weight excluding hydrogens is 383 g/mol. The van der Waals surface area contributed by atoms with Crippen LogP contribution in [0.3, 0.4) is 0 Å². The lowest BCUT2D eigenvalue weighted by Crippen LogP contribution is -2.24. The van der Waals surface area contributed by atoms with Gasteiger partial charge < -0.3 is 9.47 Å². The fourth-order valence-corrected chi connectivity index (χ4v) is 4.16. The standard InChI is InChI=1S/C16H14Cl2N4O2S/c1-23-6-8(7-24-2)14-9(5-19)15(20)22-12-3-10(17)11(18)4-13(12)25-16(22)21-14/h3-4,8,20H,6-7H2,1-2H3. The summed E-state index contributed by atoms with van der Waals surface area (Å²) in [5.41, 5.74) is 1.46. The summed E-state index contributed by atoms with van der Waals surface area (Å²) in [5, 5.41) is 18.9. The molecule has 0 fully saturated rings. The highest BCUT2D eigenvalue weighted by molar-refractivity contribution is 7.23. The van der Waals surface area contributed by atoms with E-state index in [0.29, 0.717) is 39.4 Å². The Bertz CT molecular complexity index is 1050. The van der Waals surface area contributed by atoms with Crippen LogP contribution in [0.5, 0.6) is 0 Å². The number of nitrogens with zero attached hydrogens (tertiary/aromatic N) is 3. The third-order valence-corrected chi connectivity index (χ3v) is 5.53. The van der Waals surface area contributed by atoms with Crippen molar-refractivity contribution in [2.24, 2.45) is 0 Å². The number of hydrogen-bond acceptors (Lipinski definition) is 6. The summed E-state index contributed by atoms with van der Waals surface area (Å²) in [5.74, 6) is -0.240. The van der Waals surface area contributed by atoms with Gasteiger partial charge in [0.25, 0.3) is 0 Å². The maximum atomic E-state index is 9.60. The zero-order valence-corrected chi connectivity index (χ0v) is 15.8. The summed E-state index contributed by atoms with van der Waals surface area (Å²) in [7, 11) is 3.15. The average molecular weight is 397 g/mol. The van der Waals surface area contributed by atoms with E-state index in [1.807, 2.05) is 0 Å². The van der Waals surface area contributed by atoms with Crippen molar-refractivity contribution in [2.45, 2.75) is 5.92 Å². The van der Waals surface area contributed by atoms with Gasteiger partial charge in [0, 0.05) is 20.1 Å². The molecule has 130 valence electrons. The Morgan fingerprint density at radius 1 is 1.28 bits per heavy atom. The molecule has 3 rings (SSSR count). The molecule has 1 N–H and O–H groups in total. The van der Waals surface area contributed by atoms with Gasteiger partial charge in [0.2, 0.25) is 0 Å². The Hall–Kier alpha value is -1.69. The molecule has 0 aliphatic carbocycles. The molecule has 2 aromatic heterocycles. The third-order valence-electron chi connectivity index (χ3n) is 3.80. The first-order valence-corrected chi connectivity index (χ1v) is 8.85. The van der Waals surface area contributed by atoms with Crippen LogP contribution < -0.4 is 5.49 Å². The Kier molecular flexibility index (Phi) is 5.27. The molecule has 25 heavy (non-hydrogen) atoms. The molecule has 0 spiro atoms. The number of nitrogens with one attached hydrogen (secondary N) is 1. The number of methoxy groups -OCH3 is 2. The Morgan fingerprint density at radius 3 is 2.52 bits per heavy atom. The van der Waals surface area contributed by atoms with Gasteiger partial charge in [-0.3, -0.25) is 9.81 Å². The second kappa shape index (κ2) is 7.28. The van der Waals surface area contributed by atoms with Crippen LogP contribution in [0, 0.1) is 16.7 Å². The first-order valence-electron chi connectivity index (χ1n) is 7.28. The molecule has 0 unspecified atom stereocenters. The van der Waals surface area contributed by atoms with E-state index in [0.717, 1.165) is 4.70 Å². The topological polar surface area (TPSA) is 83.4 Å². The fraction of sp³-hybridized carbons (Fsp3) is 0.312. The normalized spacial score (nSPS) is 11.5. The van der Waals surface area contributed by atoms with Gasteiger partial charge in [-0.25, -0.2) is 4.98 Å². The van der Waals surface area contributed by atoms with E-state index in [1.54, 1.807) is 30.8 Å². The lowest BCUT2D eigenvalue weighted by molar-refractivity contribution is 0.115. The van der Waals surface area contributed by atoms with Crippen molar-refractivity contribution in [1.82, 2.24) is 9.38 Å². The first-order chi connectivity index (χ1) is 12.0. The summed E-state index contributed by atoms with van der Waals surface area (Å²) in [6.45, 7) is 0.682. The van der Waals surface area contributed by atoms with Gasteiger partial charge in [-0.2, -0.15) is 5.26 Å². The highest BCUT2D eigenvalue weighted by Gasteiger charge is 2.22. The Balaban J connectivity index is 2.36. The third kappa shape index (κ3) is 3.12. The van der Waals surface area contributed by atoms with E-state index in [1.165, 1.54) is 11.3 Å². The SMILES string of the molecule is COCC(COC)c1nc2sc3cc(Cl)c(Cl)cc3n2c(=N)c1C#N. The molecule has 1 aromatic carbocycles. The number of fused-ring (bicyclic) bond motifs is 3. The minimum atomic E-state index is -0.240. The number of hydrogen-bond donors (Lipinski definition) is 1. The van der Waals surface area contributed by atoms with Gasteiger partial charge in [0.05, 0.1) is 39.2 Å². The maximum Gasteiger partial charge on any atom is 0.196 e. The van der Waals surface area contributed by atoms with E-state index in [4.69, 9.17) is 38.1 Å². The van der Waals surface area contributed by atoms with Crippen molar-refractivity contribution in [3.63, 3.8) is 0 Å². The van der Waals surface area contributed by atoms with Crippen LogP contribution in [0.2, 0.25) is 10.0 Å². The minimum absolute atomic E-state index is 0.0596. The second-order valence-electron chi connectivity index (χ2n) is 5.39. The van der Waals surface area contributed by atoms with Crippen molar-refractivity contribution in [3.8, 4) is 6.07 Å². The predicted octanol–water partition coefficient (Wildman–Crippen LogP) is 3.58. The molecule has 0 saturated heterocycles. The quantitative estimate of drug-likeness (QED) is 0.713. The highest BCUT2D eigenvalue weighted by atomic mass is 35.5. The summed E-state index contributed by atoms with van der Waals surface area (Å²) in [6, 6.07) is 5.52. The Morgan fingerprint density at radius 2 is 1.92 bits per heavy atom. The molecule has 6 nitrogen and oxygen atoms in total. The van der Waals surface area contributed by atoms with Crippen molar-refractivity contribution in [3.05, 3.63) is 38.9 Å². The number of thiazole rings is 1. The summed E-state index contributed by atoms with van der Waals surface area (Å²) in [6.07, 6.45) is 0. The zero-order chi connectivity index (χ0) is 18.1. The number of nitriles is 1. The van der Waals surface area contributed by atoms with Crippen LogP contribution >= 0.6 is 34.5 Å². The second-order valence-corrected chi connectivity index (χ2v) is 7.22. The number of ether oxygens (including phenoxy) is 2. The maximum absolute atomic E-state index is 9.60. The van der Waals surface area contributed by atoms with Gasteiger partial charge in [-0.1, -0.05) is 34.5 Å². The molecule has 0 bridgehead atoms. The van der Waals surface area contributed by atoms with E-state index >= 15 is 0 Å². The molecular formula is C16H14Cl2N4O2S. The molecule has 9 heteroatoms. The van der Waals surface area contributed by atoms with Crippen molar-refractivity contribution in [2.75, 3.05) is 27.4 Å². The van der Waals surface area contributed by atoms with Crippen LogP contribution in [0.4, 0.5) is 0 Å². The Labute approximate surface area is 157 Å². The molecule has 0 saturated carbocycles. The number of halogens is 2. The molecule has 0 radical (unpaired) electrons. The first kappa shape index (κ1) is 18.1.